The van der Waals surface area contributed by atoms with Crippen LogP contribution in [0.5, 0.6) is 11.5 Å². The van der Waals surface area contributed by atoms with Crippen molar-refractivity contribution in [3.8, 4) is 23.8 Å². The summed E-state index contributed by atoms with van der Waals surface area (Å²) in [5.41, 5.74) is 0.602. The maximum atomic E-state index is 14.0. The van der Waals surface area contributed by atoms with Crippen molar-refractivity contribution in [2.75, 3.05) is 26.1 Å². The summed E-state index contributed by atoms with van der Waals surface area (Å²) in [6.45, 7) is 3.06. The molecule has 4 atom stereocenters. The maximum absolute atomic E-state index is 14.0. The Balaban J connectivity index is 1.22. The lowest BCUT2D eigenvalue weighted by Gasteiger charge is -2.37. The Kier molecular flexibility index (Phi) is 11.4. The first-order chi connectivity index (χ1) is 30.0. The number of methoxy groups -OCH3 is 2. The van der Waals surface area contributed by atoms with Crippen LogP contribution in [-0.2, 0) is 31.1 Å². The van der Waals surface area contributed by atoms with E-state index >= 15 is 0 Å². The number of amides is 3. The van der Waals surface area contributed by atoms with Gasteiger partial charge in [0.1, 0.15) is 29.3 Å². The summed E-state index contributed by atoms with van der Waals surface area (Å²) in [5.74, 6) is 1.18. The number of benzene rings is 4. The standard InChI is InChI=1S/C46H42N6O10/c1-6-11-27-12-10-15-33-35(27)43(57)52(42(33)56)62-38-37(53)34(61-44(38)51-25-47-36-39(51)48-45(50-41(36)55)49-40(54)26(2)3)24-60-46(28-13-8-7-9-14-28,29-16-20-31(58-4)21-17-29)30-18-22-32(59-5)23-19-30/h1,7-10,12-23,25-26,34,37-38,44,53H,11,24H2,2-5H3,(H2,48,49,50,54,55)/t34-,37-,38-,44-/m1/s1. The van der Waals surface area contributed by atoms with Gasteiger partial charge >= 0.3 is 0 Å². The van der Waals surface area contributed by atoms with Gasteiger partial charge in [0.2, 0.25) is 11.9 Å². The van der Waals surface area contributed by atoms with Gasteiger partial charge in [-0.3, -0.25) is 38.9 Å². The fourth-order valence-corrected chi connectivity index (χ4v) is 7.72. The summed E-state index contributed by atoms with van der Waals surface area (Å²) in [6.07, 6.45) is 1.23. The molecule has 0 aliphatic carbocycles. The normalized spacial score (nSPS) is 18.6. The van der Waals surface area contributed by atoms with Crippen LogP contribution in [0.2, 0.25) is 0 Å². The second kappa shape index (κ2) is 17.1. The van der Waals surface area contributed by atoms with E-state index in [2.05, 4.69) is 26.2 Å². The van der Waals surface area contributed by atoms with Crippen molar-refractivity contribution in [2.24, 2.45) is 5.92 Å². The lowest BCUT2D eigenvalue weighted by Crippen LogP contribution is -2.44. The molecular formula is C46H42N6O10. The smallest absolute Gasteiger partial charge is 0.286 e. The molecule has 2 aliphatic heterocycles. The summed E-state index contributed by atoms with van der Waals surface area (Å²) in [6, 6.07) is 29.0. The SMILES string of the molecule is C#CCc1cccc2c1C(=O)N(O[C@@H]1[C@H](O)[C@@H](COC(c3ccccc3)(c3ccc(OC)cc3)c3ccc(OC)cc3)O[C@H]1n1cnc3c(=O)[nH]c(NC(=O)C(C)C)nc31)C2=O. The highest BCUT2D eigenvalue weighted by Gasteiger charge is 2.52. The van der Waals surface area contributed by atoms with E-state index in [1.54, 1.807) is 40.2 Å². The third kappa shape index (κ3) is 7.37. The van der Waals surface area contributed by atoms with E-state index in [1.165, 1.54) is 17.0 Å². The predicted molar refractivity (Wildman–Crippen MR) is 224 cm³/mol. The van der Waals surface area contributed by atoms with Crippen LogP contribution in [0, 0.1) is 18.3 Å². The molecular weight excluding hydrogens is 797 g/mol. The molecule has 2 aliphatic rings. The largest absolute Gasteiger partial charge is 0.497 e. The van der Waals surface area contributed by atoms with Crippen LogP contribution in [0.1, 0.15) is 63.0 Å². The minimum absolute atomic E-state index is 0.0473. The Bertz CT molecular complexity index is 2700. The zero-order chi connectivity index (χ0) is 43.7. The van der Waals surface area contributed by atoms with Crippen molar-refractivity contribution in [1.82, 2.24) is 24.6 Å². The second-order valence-electron chi connectivity index (χ2n) is 14.9. The monoisotopic (exact) mass is 838 g/mol. The molecule has 1 saturated heterocycles. The number of ether oxygens (including phenoxy) is 4. The number of nitrogens with one attached hydrogen (secondary N) is 2. The van der Waals surface area contributed by atoms with Crippen LogP contribution in [0.3, 0.4) is 0 Å². The Morgan fingerprint density at radius 3 is 2.18 bits per heavy atom. The van der Waals surface area contributed by atoms with Crippen LogP contribution >= 0.6 is 0 Å². The van der Waals surface area contributed by atoms with Gasteiger partial charge in [-0.1, -0.05) is 80.6 Å². The molecule has 6 aromatic rings. The van der Waals surface area contributed by atoms with E-state index in [1.807, 2.05) is 78.9 Å². The number of aromatic nitrogens is 4. The summed E-state index contributed by atoms with van der Waals surface area (Å²) in [7, 11) is 3.14. The molecule has 3 N–H and O–H groups in total. The van der Waals surface area contributed by atoms with Crippen molar-refractivity contribution >= 4 is 34.8 Å². The molecule has 1 fully saturated rings. The van der Waals surface area contributed by atoms with E-state index < -0.39 is 59.3 Å². The number of carbonyl (C=O) groups excluding carboxylic acids is 3. The van der Waals surface area contributed by atoms with Gasteiger partial charge in [-0.2, -0.15) is 4.98 Å². The molecule has 0 radical (unpaired) electrons. The Labute approximate surface area is 355 Å². The summed E-state index contributed by atoms with van der Waals surface area (Å²) >= 11 is 0. The Hall–Kier alpha value is -7.16. The number of hydrogen-bond donors (Lipinski definition) is 3. The molecule has 16 nitrogen and oxygen atoms in total. The fraction of sp³-hybridized carbons (Fsp3) is 0.261. The average Bonchev–Trinajstić information content (AvgIpc) is 3.93. The van der Waals surface area contributed by atoms with Crippen molar-refractivity contribution < 1.29 is 43.3 Å². The summed E-state index contributed by atoms with van der Waals surface area (Å²) < 4.78 is 26.0. The third-order valence-corrected chi connectivity index (χ3v) is 10.9. The quantitative estimate of drug-likeness (QED) is 0.0774. The van der Waals surface area contributed by atoms with Crippen LogP contribution in [-0.4, -0.2) is 86.5 Å². The number of imidazole rings is 1. The van der Waals surface area contributed by atoms with Crippen molar-refractivity contribution in [3.63, 3.8) is 0 Å². The number of aromatic amines is 1. The molecule has 4 heterocycles. The number of rotatable bonds is 14. The number of imide groups is 1. The molecule has 62 heavy (non-hydrogen) atoms. The Morgan fingerprint density at radius 2 is 1.56 bits per heavy atom. The van der Waals surface area contributed by atoms with Gasteiger partial charge in [0.25, 0.3) is 17.4 Å². The first-order valence-electron chi connectivity index (χ1n) is 19.7. The molecule has 8 rings (SSSR count). The predicted octanol–water partition coefficient (Wildman–Crippen LogP) is 4.77. The molecule has 3 amide bonds. The molecule has 316 valence electrons. The molecule has 2 aromatic heterocycles. The molecule has 4 aromatic carbocycles. The summed E-state index contributed by atoms with van der Waals surface area (Å²) in [4.78, 5) is 71.2. The minimum atomic E-state index is -1.59. The first kappa shape index (κ1) is 41.6. The van der Waals surface area contributed by atoms with E-state index in [9.17, 15) is 24.3 Å². The second-order valence-corrected chi connectivity index (χ2v) is 14.9. The van der Waals surface area contributed by atoms with Crippen LogP contribution < -0.4 is 20.3 Å². The lowest BCUT2D eigenvalue weighted by molar-refractivity contribution is -0.177. The molecule has 0 bridgehead atoms. The number of carbonyl (C=O) groups is 3. The zero-order valence-electron chi connectivity index (χ0n) is 34.1. The number of fused-ring (bicyclic) bond motifs is 2. The van der Waals surface area contributed by atoms with Crippen molar-refractivity contribution in [2.45, 2.75) is 50.4 Å². The maximum Gasteiger partial charge on any atom is 0.286 e. The summed E-state index contributed by atoms with van der Waals surface area (Å²) in [5, 5.41) is 15.5. The van der Waals surface area contributed by atoms with Gasteiger partial charge in [-0.15, -0.1) is 17.4 Å². The Morgan fingerprint density at radius 1 is 0.919 bits per heavy atom. The van der Waals surface area contributed by atoms with E-state index in [0.717, 1.165) is 5.56 Å². The van der Waals surface area contributed by atoms with E-state index in [4.69, 9.17) is 30.2 Å². The number of hydroxylamine groups is 2. The van der Waals surface area contributed by atoms with Crippen LogP contribution in [0.25, 0.3) is 11.2 Å². The minimum Gasteiger partial charge on any atom is -0.497 e. The van der Waals surface area contributed by atoms with E-state index in [0.29, 0.717) is 33.3 Å². The lowest BCUT2D eigenvalue weighted by atomic mass is 9.80. The number of hydrogen-bond acceptors (Lipinski definition) is 12. The van der Waals surface area contributed by atoms with Crippen LogP contribution in [0.4, 0.5) is 5.95 Å². The zero-order valence-corrected chi connectivity index (χ0v) is 34.1. The molecule has 0 saturated carbocycles. The van der Waals surface area contributed by atoms with Gasteiger partial charge < -0.3 is 24.1 Å². The van der Waals surface area contributed by atoms with Gasteiger partial charge in [0, 0.05) is 12.3 Å². The highest BCUT2D eigenvalue weighted by atomic mass is 16.7. The fourth-order valence-electron chi connectivity index (χ4n) is 7.72. The number of H-pyrrole nitrogens is 1. The highest BCUT2D eigenvalue weighted by Crippen LogP contribution is 2.44. The van der Waals surface area contributed by atoms with Gasteiger partial charge in [-0.05, 0) is 52.6 Å². The highest BCUT2D eigenvalue weighted by molar-refractivity contribution is 6.21. The topological polar surface area (TPSA) is 196 Å². The van der Waals surface area contributed by atoms with Gasteiger partial charge in [0.15, 0.2) is 23.5 Å². The molecule has 0 unspecified atom stereocenters. The van der Waals surface area contributed by atoms with Crippen LogP contribution in [0.15, 0.2) is 108 Å². The van der Waals surface area contributed by atoms with Crippen molar-refractivity contribution in [3.05, 3.63) is 147 Å². The van der Waals surface area contributed by atoms with Crippen molar-refractivity contribution in [1.29, 1.82) is 0 Å². The number of aliphatic hydroxyl groups excluding tert-OH is 1. The number of nitrogens with zero attached hydrogens (tertiary/aromatic N) is 4. The average molecular weight is 839 g/mol. The third-order valence-electron chi connectivity index (χ3n) is 10.9. The number of anilines is 1. The number of aliphatic hydroxyl groups is 1. The van der Waals surface area contributed by atoms with Gasteiger partial charge in [-0.25, -0.2) is 4.98 Å². The number of terminal acetylenes is 1. The van der Waals surface area contributed by atoms with Gasteiger partial charge in [0.05, 0.1) is 38.3 Å². The molecule has 16 heteroatoms. The van der Waals surface area contributed by atoms with E-state index in [-0.39, 0.29) is 41.3 Å². The first-order valence-corrected chi connectivity index (χ1v) is 19.7. The molecule has 0 spiro atoms.